The lowest BCUT2D eigenvalue weighted by Crippen LogP contribution is -2.11. The first kappa shape index (κ1) is 17.7. The number of nitrogens with one attached hydrogen (secondary N) is 1. The van der Waals surface area contributed by atoms with Crippen LogP contribution in [-0.4, -0.2) is 10.9 Å². The number of rotatable bonds is 4. The van der Waals surface area contributed by atoms with E-state index in [0.717, 1.165) is 22.5 Å². The summed E-state index contributed by atoms with van der Waals surface area (Å²) in [5.74, 6) is -0.145. The van der Waals surface area contributed by atoms with Crippen molar-refractivity contribution >= 4 is 24.0 Å². The van der Waals surface area contributed by atoms with Gasteiger partial charge in [-0.15, -0.1) is 12.4 Å². The molecule has 0 aliphatic heterocycles. The molecule has 0 saturated heterocycles. The second-order valence-electron chi connectivity index (χ2n) is 5.15. The van der Waals surface area contributed by atoms with Gasteiger partial charge in [-0.1, -0.05) is 30.3 Å². The SMILES string of the molecule is Cl.NCc1ccnc(-c2cccc(C(=O)Nc3ccccc3)c2)c1. The quantitative estimate of drug-likeness (QED) is 0.758. The minimum Gasteiger partial charge on any atom is -0.326 e. The second kappa shape index (κ2) is 8.24. The normalized spacial score (nSPS) is 9.88. The van der Waals surface area contributed by atoms with Crippen LogP contribution >= 0.6 is 12.4 Å². The molecule has 1 heterocycles. The van der Waals surface area contributed by atoms with Gasteiger partial charge in [0.25, 0.3) is 5.91 Å². The summed E-state index contributed by atoms with van der Waals surface area (Å²) < 4.78 is 0. The van der Waals surface area contributed by atoms with Gasteiger partial charge in [-0.25, -0.2) is 0 Å². The molecule has 0 spiro atoms. The molecule has 0 aliphatic carbocycles. The minimum atomic E-state index is -0.145. The summed E-state index contributed by atoms with van der Waals surface area (Å²) in [6.07, 6.45) is 1.73. The molecule has 1 amide bonds. The van der Waals surface area contributed by atoms with E-state index in [1.54, 1.807) is 12.3 Å². The third kappa shape index (κ3) is 4.19. The van der Waals surface area contributed by atoms with Crippen molar-refractivity contribution in [2.24, 2.45) is 5.73 Å². The molecule has 122 valence electrons. The van der Waals surface area contributed by atoms with Gasteiger partial charge in [0.15, 0.2) is 0 Å². The third-order valence-corrected chi connectivity index (χ3v) is 3.51. The van der Waals surface area contributed by atoms with Crippen LogP contribution in [0.3, 0.4) is 0 Å². The van der Waals surface area contributed by atoms with Crippen LogP contribution in [0.1, 0.15) is 15.9 Å². The number of aromatic nitrogens is 1. The Bertz CT molecular complexity index is 822. The summed E-state index contributed by atoms with van der Waals surface area (Å²) >= 11 is 0. The lowest BCUT2D eigenvalue weighted by atomic mass is 10.1. The van der Waals surface area contributed by atoms with Crippen LogP contribution in [-0.2, 0) is 6.54 Å². The number of hydrogen-bond donors (Lipinski definition) is 2. The molecule has 24 heavy (non-hydrogen) atoms. The van der Waals surface area contributed by atoms with Gasteiger partial charge < -0.3 is 11.1 Å². The Morgan fingerprint density at radius 2 is 1.79 bits per heavy atom. The molecule has 3 aromatic rings. The number of para-hydroxylation sites is 1. The highest BCUT2D eigenvalue weighted by molar-refractivity contribution is 6.04. The average molecular weight is 340 g/mol. The Labute approximate surface area is 147 Å². The van der Waals surface area contributed by atoms with Crippen molar-refractivity contribution in [3.05, 3.63) is 84.1 Å². The fraction of sp³-hybridized carbons (Fsp3) is 0.0526. The van der Waals surface area contributed by atoms with Gasteiger partial charge in [-0.3, -0.25) is 9.78 Å². The molecule has 0 saturated carbocycles. The van der Waals surface area contributed by atoms with Crippen molar-refractivity contribution in [3.8, 4) is 11.3 Å². The Hall–Kier alpha value is -2.69. The third-order valence-electron chi connectivity index (χ3n) is 3.51. The maximum absolute atomic E-state index is 12.4. The summed E-state index contributed by atoms with van der Waals surface area (Å²) in [4.78, 5) is 16.7. The van der Waals surface area contributed by atoms with E-state index >= 15 is 0 Å². The molecule has 5 heteroatoms. The first-order valence-electron chi connectivity index (χ1n) is 7.38. The van der Waals surface area contributed by atoms with Crippen LogP contribution < -0.4 is 11.1 Å². The molecule has 2 aromatic carbocycles. The number of nitrogens with zero attached hydrogens (tertiary/aromatic N) is 1. The topological polar surface area (TPSA) is 68.0 Å². The van der Waals surface area contributed by atoms with Crippen LogP contribution in [0.15, 0.2) is 72.9 Å². The molecule has 0 atom stereocenters. The highest BCUT2D eigenvalue weighted by atomic mass is 35.5. The fourth-order valence-corrected chi connectivity index (χ4v) is 2.30. The summed E-state index contributed by atoms with van der Waals surface area (Å²) in [7, 11) is 0. The van der Waals surface area contributed by atoms with Crippen molar-refractivity contribution in [1.29, 1.82) is 0 Å². The number of hydrogen-bond acceptors (Lipinski definition) is 3. The standard InChI is InChI=1S/C19H17N3O.ClH/c20-13-14-9-10-21-18(11-14)15-5-4-6-16(12-15)19(23)22-17-7-2-1-3-8-17;/h1-12H,13,20H2,(H,22,23);1H. The monoisotopic (exact) mass is 339 g/mol. The number of nitrogens with two attached hydrogens (primary N) is 1. The van der Waals surface area contributed by atoms with Crippen molar-refractivity contribution in [3.63, 3.8) is 0 Å². The number of carbonyl (C=O) groups excluding carboxylic acids is 1. The molecule has 0 radical (unpaired) electrons. The number of carbonyl (C=O) groups is 1. The molecular weight excluding hydrogens is 322 g/mol. The van der Waals surface area contributed by atoms with Gasteiger partial charge in [0, 0.05) is 29.6 Å². The number of amides is 1. The summed E-state index contributed by atoms with van der Waals surface area (Å²) in [6, 6.07) is 20.6. The number of halogens is 1. The number of benzene rings is 2. The van der Waals surface area contributed by atoms with E-state index < -0.39 is 0 Å². The Kier molecular flexibility index (Phi) is 6.07. The molecule has 0 fully saturated rings. The van der Waals surface area contributed by atoms with E-state index in [0.29, 0.717) is 12.1 Å². The summed E-state index contributed by atoms with van der Waals surface area (Å²) in [5, 5.41) is 2.88. The maximum Gasteiger partial charge on any atom is 0.255 e. The molecule has 3 N–H and O–H groups in total. The lowest BCUT2D eigenvalue weighted by Gasteiger charge is -2.07. The van der Waals surface area contributed by atoms with Crippen LogP contribution in [0.4, 0.5) is 5.69 Å². The van der Waals surface area contributed by atoms with Crippen molar-refractivity contribution < 1.29 is 4.79 Å². The zero-order chi connectivity index (χ0) is 16.1. The lowest BCUT2D eigenvalue weighted by molar-refractivity contribution is 0.102. The Balaban J connectivity index is 0.00000208. The maximum atomic E-state index is 12.4. The highest BCUT2D eigenvalue weighted by Crippen LogP contribution is 2.20. The smallest absolute Gasteiger partial charge is 0.255 e. The van der Waals surface area contributed by atoms with Gasteiger partial charge >= 0.3 is 0 Å². The van der Waals surface area contributed by atoms with Gasteiger partial charge in [0.1, 0.15) is 0 Å². The van der Waals surface area contributed by atoms with E-state index in [2.05, 4.69) is 10.3 Å². The van der Waals surface area contributed by atoms with Gasteiger partial charge in [-0.05, 0) is 42.0 Å². The summed E-state index contributed by atoms with van der Waals surface area (Å²) in [6.45, 7) is 0.462. The second-order valence-corrected chi connectivity index (χ2v) is 5.15. The van der Waals surface area contributed by atoms with E-state index in [9.17, 15) is 4.79 Å². The minimum absolute atomic E-state index is 0. The summed E-state index contributed by atoms with van der Waals surface area (Å²) in [5.41, 5.74) is 9.73. The van der Waals surface area contributed by atoms with E-state index in [1.807, 2.05) is 60.7 Å². The molecule has 3 rings (SSSR count). The molecule has 0 aliphatic rings. The zero-order valence-corrected chi connectivity index (χ0v) is 13.8. The molecule has 1 aromatic heterocycles. The number of pyridine rings is 1. The Morgan fingerprint density at radius 3 is 2.54 bits per heavy atom. The van der Waals surface area contributed by atoms with Crippen molar-refractivity contribution in [2.45, 2.75) is 6.54 Å². The van der Waals surface area contributed by atoms with Gasteiger partial charge in [-0.2, -0.15) is 0 Å². The first-order valence-corrected chi connectivity index (χ1v) is 7.38. The van der Waals surface area contributed by atoms with Crippen LogP contribution in [0, 0.1) is 0 Å². The Morgan fingerprint density at radius 1 is 1.00 bits per heavy atom. The fourth-order valence-electron chi connectivity index (χ4n) is 2.30. The highest BCUT2D eigenvalue weighted by Gasteiger charge is 2.08. The van der Waals surface area contributed by atoms with E-state index in [4.69, 9.17) is 5.73 Å². The van der Waals surface area contributed by atoms with E-state index in [-0.39, 0.29) is 18.3 Å². The van der Waals surface area contributed by atoms with Gasteiger partial charge in [0.2, 0.25) is 0 Å². The molecular formula is C19H18ClN3O. The van der Waals surface area contributed by atoms with Crippen LogP contribution in [0.5, 0.6) is 0 Å². The van der Waals surface area contributed by atoms with Gasteiger partial charge in [0.05, 0.1) is 5.69 Å². The van der Waals surface area contributed by atoms with Crippen LogP contribution in [0.25, 0.3) is 11.3 Å². The molecule has 4 nitrogen and oxygen atoms in total. The van der Waals surface area contributed by atoms with Crippen molar-refractivity contribution in [1.82, 2.24) is 4.98 Å². The van der Waals surface area contributed by atoms with Crippen molar-refractivity contribution in [2.75, 3.05) is 5.32 Å². The number of anilines is 1. The zero-order valence-electron chi connectivity index (χ0n) is 13.0. The first-order chi connectivity index (χ1) is 11.3. The van der Waals surface area contributed by atoms with E-state index in [1.165, 1.54) is 0 Å². The predicted molar refractivity (Wildman–Crippen MR) is 99.2 cm³/mol. The molecule has 0 unspecified atom stereocenters. The predicted octanol–water partition coefficient (Wildman–Crippen LogP) is 3.88. The largest absolute Gasteiger partial charge is 0.326 e. The average Bonchev–Trinajstić information content (AvgIpc) is 2.63. The molecule has 0 bridgehead atoms. The van der Waals surface area contributed by atoms with Crippen LogP contribution in [0.2, 0.25) is 0 Å².